The summed E-state index contributed by atoms with van der Waals surface area (Å²) in [7, 11) is 2.10. The molecule has 0 aliphatic carbocycles. The molecule has 2 rings (SSSR count). The van der Waals surface area contributed by atoms with Crippen molar-refractivity contribution in [3.8, 4) is 0 Å². The third kappa shape index (κ3) is 4.55. The first-order valence-electron chi connectivity index (χ1n) is 6.93. The summed E-state index contributed by atoms with van der Waals surface area (Å²) in [5.41, 5.74) is 8.66. The summed E-state index contributed by atoms with van der Waals surface area (Å²) in [5, 5.41) is 0.748. The topological polar surface area (TPSA) is 29.3 Å². The van der Waals surface area contributed by atoms with Crippen molar-refractivity contribution < 1.29 is 0 Å². The van der Waals surface area contributed by atoms with E-state index in [2.05, 4.69) is 64.3 Å². The van der Waals surface area contributed by atoms with Crippen LogP contribution in [-0.2, 0) is 6.54 Å². The van der Waals surface area contributed by atoms with Crippen molar-refractivity contribution in [3.63, 3.8) is 0 Å². The molecule has 0 fully saturated rings. The first-order valence-corrected chi connectivity index (χ1v) is 8.10. The molecule has 0 aliphatic heterocycles. The van der Waals surface area contributed by atoms with Crippen molar-refractivity contribution in [1.29, 1.82) is 0 Å². The van der Waals surface area contributed by atoms with Gasteiger partial charge in [-0.2, -0.15) is 0 Å². The Labute approximate surface area is 140 Å². The Morgan fingerprint density at radius 3 is 2.19 bits per heavy atom. The van der Waals surface area contributed by atoms with E-state index in [1.54, 1.807) is 0 Å². The first-order chi connectivity index (χ1) is 9.97. The van der Waals surface area contributed by atoms with Crippen LogP contribution >= 0.6 is 27.5 Å². The highest BCUT2D eigenvalue weighted by molar-refractivity contribution is 9.10. The van der Waals surface area contributed by atoms with Crippen LogP contribution in [-0.4, -0.2) is 18.0 Å². The zero-order chi connectivity index (χ0) is 15.4. The highest BCUT2D eigenvalue weighted by atomic mass is 79.9. The molecule has 2 nitrogen and oxygen atoms in total. The number of likely N-dealkylation sites (N-methyl/N-ethyl adjacent to an activating group) is 1. The lowest BCUT2D eigenvalue weighted by Gasteiger charge is -2.31. The maximum atomic E-state index is 6.20. The van der Waals surface area contributed by atoms with Crippen molar-refractivity contribution in [1.82, 2.24) is 4.90 Å². The molecule has 21 heavy (non-hydrogen) atoms. The van der Waals surface area contributed by atoms with Gasteiger partial charge < -0.3 is 5.73 Å². The van der Waals surface area contributed by atoms with Gasteiger partial charge in [0.25, 0.3) is 0 Å². The summed E-state index contributed by atoms with van der Waals surface area (Å²) < 4.78 is 1.09. The van der Waals surface area contributed by atoms with Crippen molar-refractivity contribution >= 4 is 27.5 Å². The van der Waals surface area contributed by atoms with Crippen LogP contribution in [0.5, 0.6) is 0 Å². The number of rotatable bonds is 5. The molecule has 0 aliphatic rings. The number of nitrogens with two attached hydrogens (primary N) is 1. The van der Waals surface area contributed by atoms with E-state index in [9.17, 15) is 0 Å². The molecule has 2 atom stereocenters. The molecule has 4 heteroatoms. The van der Waals surface area contributed by atoms with E-state index in [0.29, 0.717) is 0 Å². The zero-order valence-corrected chi connectivity index (χ0v) is 14.6. The number of halogens is 2. The van der Waals surface area contributed by atoms with Crippen LogP contribution in [0.2, 0.25) is 5.02 Å². The Kier molecular flexibility index (Phi) is 5.82. The minimum Gasteiger partial charge on any atom is -0.326 e. The van der Waals surface area contributed by atoms with Gasteiger partial charge in [0.2, 0.25) is 0 Å². The highest BCUT2D eigenvalue weighted by Gasteiger charge is 2.21. The summed E-state index contributed by atoms with van der Waals surface area (Å²) in [6.45, 7) is 2.89. The van der Waals surface area contributed by atoms with E-state index in [4.69, 9.17) is 17.3 Å². The molecule has 2 aromatic rings. The lowest BCUT2D eigenvalue weighted by atomic mass is 9.99. The van der Waals surface area contributed by atoms with Gasteiger partial charge in [-0.3, -0.25) is 4.90 Å². The molecule has 0 heterocycles. The fourth-order valence-electron chi connectivity index (χ4n) is 2.60. The Balaban J connectivity index is 2.17. The van der Waals surface area contributed by atoms with Gasteiger partial charge in [0.05, 0.1) is 0 Å². The molecule has 0 bridgehead atoms. The summed E-state index contributed by atoms with van der Waals surface area (Å²) in [6.07, 6.45) is 0. The van der Waals surface area contributed by atoms with E-state index >= 15 is 0 Å². The van der Waals surface area contributed by atoms with Crippen molar-refractivity contribution in [2.75, 3.05) is 7.05 Å². The number of hydrogen-bond acceptors (Lipinski definition) is 2. The predicted octanol–water partition coefficient (Wildman–Crippen LogP) is 4.62. The Bertz CT molecular complexity index is 566. The second kappa shape index (κ2) is 7.41. The maximum Gasteiger partial charge on any atom is 0.0496 e. The van der Waals surface area contributed by atoms with Gasteiger partial charge in [-0.25, -0.2) is 0 Å². The summed E-state index contributed by atoms with van der Waals surface area (Å²) >= 11 is 9.43. The molecule has 112 valence electrons. The summed E-state index contributed by atoms with van der Waals surface area (Å²) in [4.78, 5) is 2.27. The molecule has 2 N–H and O–H groups in total. The third-order valence-electron chi connectivity index (χ3n) is 3.53. The minimum atomic E-state index is 0.0339. The van der Waals surface area contributed by atoms with Gasteiger partial charge in [-0.05, 0) is 49.4 Å². The summed E-state index contributed by atoms with van der Waals surface area (Å²) in [6, 6.07) is 16.5. The molecular formula is C17H20BrClN2. The third-order valence-corrected chi connectivity index (χ3v) is 4.31. The number of benzene rings is 2. The van der Waals surface area contributed by atoms with Crippen molar-refractivity contribution in [2.45, 2.75) is 25.6 Å². The SMILES string of the molecule is CC(N)C(c1ccc(Cl)cc1)N(C)Cc1ccc(Br)cc1. The van der Waals surface area contributed by atoms with E-state index in [1.165, 1.54) is 11.1 Å². The molecule has 0 amide bonds. The Hall–Kier alpha value is -0.870. The molecule has 0 saturated heterocycles. The average molecular weight is 368 g/mol. The van der Waals surface area contributed by atoms with Gasteiger partial charge in [-0.15, -0.1) is 0 Å². The lowest BCUT2D eigenvalue weighted by molar-refractivity contribution is 0.211. The zero-order valence-electron chi connectivity index (χ0n) is 12.3. The molecule has 2 aromatic carbocycles. The molecule has 0 radical (unpaired) electrons. The second-order valence-electron chi connectivity index (χ2n) is 5.40. The maximum absolute atomic E-state index is 6.20. The van der Waals surface area contributed by atoms with Gasteiger partial charge in [0.15, 0.2) is 0 Å². The largest absolute Gasteiger partial charge is 0.326 e. The molecular weight excluding hydrogens is 348 g/mol. The van der Waals surface area contributed by atoms with E-state index in [0.717, 1.165) is 16.0 Å². The Morgan fingerprint density at radius 1 is 1.10 bits per heavy atom. The van der Waals surface area contributed by atoms with Crippen LogP contribution in [0.3, 0.4) is 0 Å². The normalized spacial score (nSPS) is 14.2. The van der Waals surface area contributed by atoms with Gasteiger partial charge >= 0.3 is 0 Å². The van der Waals surface area contributed by atoms with E-state index in [-0.39, 0.29) is 12.1 Å². The quantitative estimate of drug-likeness (QED) is 0.835. The van der Waals surface area contributed by atoms with Crippen LogP contribution in [0.1, 0.15) is 24.1 Å². The molecule has 0 spiro atoms. The summed E-state index contributed by atoms with van der Waals surface area (Å²) in [5.74, 6) is 0. The molecule has 0 saturated carbocycles. The van der Waals surface area contributed by atoms with Gasteiger partial charge in [0.1, 0.15) is 0 Å². The van der Waals surface area contributed by atoms with Crippen LogP contribution in [0.4, 0.5) is 0 Å². The van der Waals surface area contributed by atoms with Crippen molar-refractivity contribution in [2.24, 2.45) is 5.73 Å². The molecule has 2 unspecified atom stereocenters. The highest BCUT2D eigenvalue weighted by Crippen LogP contribution is 2.25. The predicted molar refractivity (Wildman–Crippen MR) is 93.5 cm³/mol. The fourth-order valence-corrected chi connectivity index (χ4v) is 2.99. The fraction of sp³-hybridized carbons (Fsp3) is 0.294. The van der Waals surface area contributed by atoms with Crippen LogP contribution in [0.15, 0.2) is 53.0 Å². The monoisotopic (exact) mass is 366 g/mol. The van der Waals surface area contributed by atoms with E-state index in [1.807, 2.05) is 19.1 Å². The smallest absolute Gasteiger partial charge is 0.0496 e. The second-order valence-corrected chi connectivity index (χ2v) is 6.75. The van der Waals surface area contributed by atoms with Gasteiger partial charge in [-0.1, -0.05) is 51.8 Å². The standard InChI is InChI=1S/C17H20BrClN2/c1-12(20)17(14-5-9-16(19)10-6-14)21(2)11-13-3-7-15(18)8-4-13/h3-10,12,17H,11,20H2,1-2H3. The molecule has 0 aromatic heterocycles. The number of hydrogen-bond donors (Lipinski definition) is 1. The number of nitrogens with zero attached hydrogens (tertiary/aromatic N) is 1. The minimum absolute atomic E-state index is 0.0339. The Morgan fingerprint density at radius 2 is 1.67 bits per heavy atom. The lowest BCUT2D eigenvalue weighted by Crippen LogP contribution is -2.36. The first kappa shape index (κ1) is 16.5. The van der Waals surface area contributed by atoms with Crippen LogP contribution in [0.25, 0.3) is 0 Å². The average Bonchev–Trinajstić information content (AvgIpc) is 2.43. The van der Waals surface area contributed by atoms with Crippen LogP contribution in [0, 0.1) is 0 Å². The van der Waals surface area contributed by atoms with Crippen LogP contribution < -0.4 is 5.73 Å². The van der Waals surface area contributed by atoms with Gasteiger partial charge in [0, 0.05) is 28.1 Å². The van der Waals surface area contributed by atoms with E-state index < -0.39 is 0 Å². The van der Waals surface area contributed by atoms with Crippen molar-refractivity contribution in [3.05, 3.63) is 69.2 Å².